The molecule has 0 aromatic carbocycles. The lowest BCUT2D eigenvalue weighted by Crippen LogP contribution is -2.45. The second-order valence-electron chi connectivity index (χ2n) is 5.93. The van der Waals surface area contributed by atoms with Crippen LogP contribution in [0.5, 0.6) is 0 Å². The van der Waals surface area contributed by atoms with Crippen molar-refractivity contribution >= 4 is 36.2 Å². The van der Waals surface area contributed by atoms with Gasteiger partial charge in [-0.05, 0) is 37.3 Å². The molecule has 2 rings (SSSR count). The molecule has 1 aromatic rings. The van der Waals surface area contributed by atoms with E-state index in [1.165, 1.54) is 37.2 Å². The summed E-state index contributed by atoms with van der Waals surface area (Å²) in [5, 5.41) is 3.46. The molecular weight excluding hydrogens is 323 g/mol. The highest BCUT2D eigenvalue weighted by molar-refractivity contribution is 7.12. The van der Waals surface area contributed by atoms with E-state index >= 15 is 0 Å². The van der Waals surface area contributed by atoms with Gasteiger partial charge in [0.25, 0.3) is 0 Å². The Morgan fingerprint density at radius 2 is 1.81 bits per heavy atom. The van der Waals surface area contributed by atoms with Crippen LogP contribution in [0.1, 0.15) is 49.4 Å². The van der Waals surface area contributed by atoms with Gasteiger partial charge in [0, 0.05) is 42.0 Å². The molecule has 1 aromatic heterocycles. The molecule has 0 bridgehead atoms. The normalized spacial score (nSPS) is 17.1. The molecule has 2 heterocycles. The first-order chi connectivity index (χ1) is 9.20. The Labute approximate surface area is 146 Å². The van der Waals surface area contributed by atoms with E-state index in [2.05, 4.69) is 43.1 Å². The molecule has 21 heavy (non-hydrogen) atoms. The maximum atomic E-state index is 3.46. The lowest BCUT2D eigenvalue weighted by atomic mass is 10.0. The zero-order chi connectivity index (χ0) is 13.7. The number of rotatable bonds is 6. The molecular formula is C16H30Cl2N2S. The topological polar surface area (TPSA) is 15.3 Å². The number of piperazine rings is 1. The van der Waals surface area contributed by atoms with E-state index in [0.717, 1.165) is 19.0 Å². The summed E-state index contributed by atoms with van der Waals surface area (Å²) in [7, 11) is 0. The highest BCUT2D eigenvalue weighted by atomic mass is 35.5. The second-order valence-corrected chi connectivity index (χ2v) is 7.13. The lowest BCUT2D eigenvalue weighted by Gasteiger charge is -2.35. The van der Waals surface area contributed by atoms with Crippen LogP contribution in [-0.2, 0) is 6.42 Å². The van der Waals surface area contributed by atoms with Crippen LogP contribution in [0, 0.1) is 5.92 Å². The molecule has 0 unspecified atom stereocenters. The highest BCUT2D eigenvalue weighted by Crippen LogP contribution is 2.32. The lowest BCUT2D eigenvalue weighted by molar-refractivity contribution is 0.162. The molecule has 1 saturated heterocycles. The fourth-order valence-electron chi connectivity index (χ4n) is 2.75. The van der Waals surface area contributed by atoms with Gasteiger partial charge in [0.15, 0.2) is 0 Å². The monoisotopic (exact) mass is 352 g/mol. The number of nitrogens with zero attached hydrogens (tertiary/aromatic N) is 1. The Kier molecular flexibility index (Phi) is 11.0. The van der Waals surface area contributed by atoms with E-state index < -0.39 is 0 Å². The number of hydrogen-bond acceptors (Lipinski definition) is 3. The fraction of sp³-hybridized carbons (Fsp3) is 0.750. The molecule has 0 aliphatic carbocycles. The van der Waals surface area contributed by atoms with Crippen LogP contribution in [0.4, 0.5) is 0 Å². The minimum Gasteiger partial charge on any atom is -0.314 e. The molecule has 1 fully saturated rings. The third-order valence-electron chi connectivity index (χ3n) is 3.97. The van der Waals surface area contributed by atoms with Crippen LogP contribution in [-0.4, -0.2) is 31.1 Å². The number of nitrogens with one attached hydrogen (secondary N) is 1. The SMILES string of the molecule is CCc1ccc([C@@H](CCC(C)C)N2CCNCC2)s1.Cl.Cl. The minimum atomic E-state index is 0. The van der Waals surface area contributed by atoms with Gasteiger partial charge in [0.05, 0.1) is 0 Å². The van der Waals surface area contributed by atoms with Crippen LogP contribution in [0.25, 0.3) is 0 Å². The average Bonchev–Trinajstić information content (AvgIpc) is 2.89. The van der Waals surface area contributed by atoms with Crippen LogP contribution >= 0.6 is 36.2 Å². The van der Waals surface area contributed by atoms with E-state index in [4.69, 9.17) is 0 Å². The van der Waals surface area contributed by atoms with Crippen molar-refractivity contribution in [1.82, 2.24) is 10.2 Å². The summed E-state index contributed by atoms with van der Waals surface area (Å²) in [6, 6.07) is 5.34. The van der Waals surface area contributed by atoms with Crippen LogP contribution in [0.15, 0.2) is 12.1 Å². The van der Waals surface area contributed by atoms with E-state index in [0.29, 0.717) is 6.04 Å². The van der Waals surface area contributed by atoms with Crippen LogP contribution in [0.2, 0.25) is 0 Å². The fourth-order valence-corrected chi connectivity index (χ4v) is 3.88. The quantitative estimate of drug-likeness (QED) is 0.808. The third kappa shape index (κ3) is 6.45. The molecule has 2 nitrogen and oxygen atoms in total. The molecule has 124 valence electrons. The van der Waals surface area contributed by atoms with Gasteiger partial charge in [0.2, 0.25) is 0 Å². The molecule has 1 aliphatic heterocycles. The van der Waals surface area contributed by atoms with Gasteiger partial charge < -0.3 is 5.32 Å². The van der Waals surface area contributed by atoms with Gasteiger partial charge in [-0.15, -0.1) is 36.2 Å². The largest absolute Gasteiger partial charge is 0.314 e. The number of halogens is 2. The predicted molar refractivity (Wildman–Crippen MR) is 99.4 cm³/mol. The summed E-state index contributed by atoms with van der Waals surface area (Å²) in [5.41, 5.74) is 0. The standard InChI is InChI=1S/C16H28N2S.2ClH/c1-4-14-6-8-16(19-14)15(7-5-13(2)3)18-11-9-17-10-12-18;;/h6,8,13,15,17H,4-5,7,9-12H2,1-3H3;2*1H/t15-;;/m1../s1. The van der Waals surface area contributed by atoms with Crippen molar-refractivity contribution in [3.8, 4) is 0 Å². The van der Waals surface area contributed by atoms with Crippen molar-refractivity contribution in [2.24, 2.45) is 5.92 Å². The number of hydrogen-bond donors (Lipinski definition) is 1. The maximum Gasteiger partial charge on any atom is 0.0442 e. The van der Waals surface area contributed by atoms with Crippen molar-refractivity contribution < 1.29 is 0 Å². The second kappa shape index (κ2) is 10.8. The van der Waals surface area contributed by atoms with Crippen molar-refractivity contribution in [1.29, 1.82) is 0 Å². The molecule has 0 spiro atoms. The summed E-state index contributed by atoms with van der Waals surface area (Å²) >= 11 is 2.02. The first-order valence-electron chi connectivity index (χ1n) is 7.74. The average molecular weight is 353 g/mol. The zero-order valence-electron chi connectivity index (χ0n) is 13.4. The Bertz CT molecular complexity index is 376. The van der Waals surface area contributed by atoms with Gasteiger partial charge in [-0.1, -0.05) is 20.8 Å². The molecule has 0 amide bonds. The Hall–Kier alpha value is 0.200. The zero-order valence-corrected chi connectivity index (χ0v) is 15.9. The molecule has 1 aliphatic rings. The summed E-state index contributed by atoms with van der Waals surface area (Å²) < 4.78 is 0. The molecule has 1 atom stereocenters. The molecule has 0 saturated carbocycles. The van der Waals surface area contributed by atoms with E-state index in [-0.39, 0.29) is 24.8 Å². The Morgan fingerprint density at radius 3 is 2.33 bits per heavy atom. The molecule has 5 heteroatoms. The van der Waals surface area contributed by atoms with Crippen molar-refractivity contribution in [3.05, 3.63) is 21.9 Å². The molecule has 0 radical (unpaired) electrons. The highest BCUT2D eigenvalue weighted by Gasteiger charge is 2.23. The van der Waals surface area contributed by atoms with Crippen LogP contribution < -0.4 is 5.32 Å². The van der Waals surface area contributed by atoms with Crippen molar-refractivity contribution in [2.45, 2.75) is 46.1 Å². The predicted octanol–water partition coefficient (Wildman–Crippen LogP) is 4.54. The van der Waals surface area contributed by atoms with Gasteiger partial charge in [0.1, 0.15) is 0 Å². The summed E-state index contributed by atoms with van der Waals surface area (Å²) in [6.07, 6.45) is 3.80. The van der Waals surface area contributed by atoms with Crippen molar-refractivity contribution in [2.75, 3.05) is 26.2 Å². The number of aryl methyl sites for hydroxylation is 1. The van der Waals surface area contributed by atoms with E-state index in [9.17, 15) is 0 Å². The summed E-state index contributed by atoms with van der Waals surface area (Å²) in [5.74, 6) is 0.802. The first kappa shape index (κ1) is 21.2. The van der Waals surface area contributed by atoms with E-state index in [1.54, 1.807) is 4.88 Å². The van der Waals surface area contributed by atoms with Gasteiger partial charge in [-0.3, -0.25) is 4.90 Å². The Morgan fingerprint density at radius 1 is 1.14 bits per heavy atom. The third-order valence-corrected chi connectivity index (χ3v) is 5.30. The summed E-state index contributed by atoms with van der Waals surface area (Å²) in [6.45, 7) is 11.6. The van der Waals surface area contributed by atoms with Crippen molar-refractivity contribution in [3.63, 3.8) is 0 Å². The minimum absolute atomic E-state index is 0. The molecule has 1 N–H and O–H groups in total. The maximum absolute atomic E-state index is 3.46. The number of thiophene rings is 1. The van der Waals surface area contributed by atoms with Gasteiger partial charge >= 0.3 is 0 Å². The van der Waals surface area contributed by atoms with Gasteiger partial charge in [-0.25, -0.2) is 0 Å². The summed E-state index contributed by atoms with van der Waals surface area (Å²) in [4.78, 5) is 5.79. The van der Waals surface area contributed by atoms with E-state index in [1.807, 2.05) is 11.3 Å². The Balaban J connectivity index is 0.00000200. The smallest absolute Gasteiger partial charge is 0.0442 e. The van der Waals surface area contributed by atoms with Gasteiger partial charge in [-0.2, -0.15) is 0 Å². The van der Waals surface area contributed by atoms with Crippen LogP contribution in [0.3, 0.4) is 0 Å². The first-order valence-corrected chi connectivity index (χ1v) is 8.55.